The minimum atomic E-state index is 0.608. The zero-order valence-electron chi connectivity index (χ0n) is 11.1. The Morgan fingerprint density at radius 3 is 3.05 bits per heavy atom. The second-order valence-electron chi connectivity index (χ2n) is 5.18. The lowest BCUT2D eigenvalue weighted by Crippen LogP contribution is -2.30. The lowest BCUT2D eigenvalue weighted by molar-refractivity contribution is 0.599. The van der Waals surface area contributed by atoms with E-state index >= 15 is 0 Å². The van der Waals surface area contributed by atoms with E-state index in [9.17, 15) is 0 Å². The number of hydrogen-bond donors (Lipinski definition) is 0. The molecule has 3 heteroatoms. The van der Waals surface area contributed by atoms with E-state index in [1.165, 1.54) is 30.0 Å². The van der Waals surface area contributed by atoms with Gasteiger partial charge in [-0.2, -0.15) is 0 Å². The molecule has 3 rings (SSSR count). The summed E-state index contributed by atoms with van der Waals surface area (Å²) in [6, 6.07) is 11.2. The number of benzene rings is 1. The fraction of sp³-hybridized carbons (Fsp3) is 0.438. The SMILES string of the molecule is ClCCCC1CCCN1c1nccc2ccccc12. The number of anilines is 1. The molecular formula is C16H19ClN2. The number of rotatable bonds is 4. The van der Waals surface area contributed by atoms with Crippen LogP contribution >= 0.6 is 11.6 Å². The Morgan fingerprint density at radius 2 is 2.16 bits per heavy atom. The van der Waals surface area contributed by atoms with E-state index in [1.807, 2.05) is 6.20 Å². The highest BCUT2D eigenvalue weighted by Gasteiger charge is 2.26. The van der Waals surface area contributed by atoms with E-state index in [2.05, 4.69) is 40.2 Å². The van der Waals surface area contributed by atoms with Crippen molar-refractivity contribution in [2.75, 3.05) is 17.3 Å². The topological polar surface area (TPSA) is 16.1 Å². The van der Waals surface area contributed by atoms with Gasteiger partial charge in [-0.3, -0.25) is 0 Å². The van der Waals surface area contributed by atoms with Gasteiger partial charge in [0.1, 0.15) is 5.82 Å². The number of alkyl halides is 1. The molecule has 0 bridgehead atoms. The zero-order chi connectivity index (χ0) is 13.1. The Kier molecular flexibility index (Phi) is 3.88. The van der Waals surface area contributed by atoms with E-state index < -0.39 is 0 Å². The number of halogens is 1. The molecule has 1 saturated heterocycles. The molecule has 1 unspecified atom stereocenters. The molecule has 100 valence electrons. The number of fused-ring (bicyclic) bond motifs is 1. The molecule has 0 radical (unpaired) electrons. The third-order valence-electron chi connectivity index (χ3n) is 3.97. The maximum atomic E-state index is 5.83. The van der Waals surface area contributed by atoms with Crippen molar-refractivity contribution >= 4 is 28.2 Å². The van der Waals surface area contributed by atoms with Crippen molar-refractivity contribution in [3.05, 3.63) is 36.5 Å². The summed E-state index contributed by atoms with van der Waals surface area (Å²) in [5, 5.41) is 2.54. The molecule has 2 aromatic rings. The first-order valence-corrected chi connectivity index (χ1v) is 7.60. The van der Waals surface area contributed by atoms with Crippen molar-refractivity contribution in [2.24, 2.45) is 0 Å². The summed E-state index contributed by atoms with van der Waals surface area (Å²) < 4.78 is 0. The molecule has 0 aliphatic carbocycles. The molecule has 1 aromatic heterocycles. The molecule has 19 heavy (non-hydrogen) atoms. The standard InChI is InChI=1S/C16H19ClN2/c17-10-3-6-14-7-4-12-19(14)16-15-8-2-1-5-13(15)9-11-18-16/h1-2,5,8-9,11,14H,3-4,6-7,10,12H2. The normalized spacial score (nSPS) is 19.2. The molecular weight excluding hydrogens is 256 g/mol. The molecule has 0 amide bonds. The highest BCUT2D eigenvalue weighted by molar-refractivity contribution is 6.17. The van der Waals surface area contributed by atoms with Crippen molar-refractivity contribution in [1.82, 2.24) is 4.98 Å². The molecule has 1 aliphatic heterocycles. The monoisotopic (exact) mass is 274 g/mol. The van der Waals surface area contributed by atoms with E-state index in [-0.39, 0.29) is 0 Å². The first-order chi connectivity index (χ1) is 9.40. The predicted octanol–water partition coefficient (Wildman–Crippen LogP) is 4.22. The van der Waals surface area contributed by atoms with Crippen LogP contribution in [0.1, 0.15) is 25.7 Å². The molecule has 2 nitrogen and oxygen atoms in total. The largest absolute Gasteiger partial charge is 0.353 e. The maximum absolute atomic E-state index is 5.83. The van der Waals surface area contributed by atoms with Crippen LogP contribution in [0.3, 0.4) is 0 Å². The van der Waals surface area contributed by atoms with Crippen LogP contribution in [0.25, 0.3) is 10.8 Å². The fourth-order valence-corrected chi connectivity index (χ4v) is 3.21. The predicted molar refractivity (Wildman–Crippen MR) is 82.1 cm³/mol. The fourth-order valence-electron chi connectivity index (χ4n) is 3.06. The van der Waals surface area contributed by atoms with Gasteiger partial charge in [-0.05, 0) is 37.1 Å². The maximum Gasteiger partial charge on any atom is 0.136 e. The van der Waals surface area contributed by atoms with Crippen LogP contribution in [0.2, 0.25) is 0 Å². The number of nitrogens with zero attached hydrogens (tertiary/aromatic N) is 2. The third-order valence-corrected chi connectivity index (χ3v) is 4.24. The highest BCUT2D eigenvalue weighted by atomic mass is 35.5. The second-order valence-corrected chi connectivity index (χ2v) is 5.55. The first-order valence-electron chi connectivity index (χ1n) is 7.06. The van der Waals surface area contributed by atoms with Gasteiger partial charge in [0, 0.05) is 30.0 Å². The minimum Gasteiger partial charge on any atom is -0.353 e. The summed E-state index contributed by atoms with van der Waals surface area (Å²) in [5.74, 6) is 1.91. The average Bonchev–Trinajstić information content (AvgIpc) is 2.92. The quantitative estimate of drug-likeness (QED) is 0.776. The molecule has 0 saturated carbocycles. The van der Waals surface area contributed by atoms with Gasteiger partial charge >= 0.3 is 0 Å². The minimum absolute atomic E-state index is 0.608. The van der Waals surface area contributed by atoms with Crippen LogP contribution in [0.4, 0.5) is 5.82 Å². The van der Waals surface area contributed by atoms with E-state index in [1.54, 1.807) is 0 Å². The van der Waals surface area contributed by atoms with Crippen molar-refractivity contribution < 1.29 is 0 Å². The lowest BCUT2D eigenvalue weighted by atomic mass is 10.1. The van der Waals surface area contributed by atoms with Crippen LogP contribution in [0.15, 0.2) is 36.5 Å². The second kappa shape index (κ2) is 5.79. The number of hydrogen-bond acceptors (Lipinski definition) is 2. The molecule has 0 spiro atoms. The molecule has 2 heterocycles. The smallest absolute Gasteiger partial charge is 0.136 e. The van der Waals surface area contributed by atoms with E-state index in [4.69, 9.17) is 11.6 Å². The van der Waals surface area contributed by atoms with Crippen LogP contribution in [0.5, 0.6) is 0 Å². The van der Waals surface area contributed by atoms with Gasteiger partial charge in [-0.15, -0.1) is 11.6 Å². The van der Waals surface area contributed by atoms with Crippen molar-refractivity contribution in [1.29, 1.82) is 0 Å². The average molecular weight is 275 g/mol. The molecule has 1 fully saturated rings. The van der Waals surface area contributed by atoms with Crippen molar-refractivity contribution in [3.8, 4) is 0 Å². The van der Waals surface area contributed by atoms with Gasteiger partial charge in [0.25, 0.3) is 0 Å². The summed E-state index contributed by atoms with van der Waals surface area (Å²) in [5.41, 5.74) is 0. The Morgan fingerprint density at radius 1 is 1.26 bits per heavy atom. The van der Waals surface area contributed by atoms with Crippen molar-refractivity contribution in [2.45, 2.75) is 31.7 Å². The van der Waals surface area contributed by atoms with Crippen LogP contribution < -0.4 is 4.90 Å². The summed E-state index contributed by atoms with van der Waals surface area (Å²) in [6.07, 6.45) is 6.72. The Bertz CT molecular complexity index is 550. The van der Waals surface area contributed by atoms with E-state index in [0.717, 1.165) is 24.7 Å². The summed E-state index contributed by atoms with van der Waals surface area (Å²) in [7, 11) is 0. The van der Waals surface area contributed by atoms with Gasteiger partial charge in [0.2, 0.25) is 0 Å². The number of aromatic nitrogens is 1. The van der Waals surface area contributed by atoms with Gasteiger partial charge in [0.05, 0.1) is 0 Å². The molecule has 1 aromatic carbocycles. The van der Waals surface area contributed by atoms with Gasteiger partial charge in [0.15, 0.2) is 0 Å². The first kappa shape index (κ1) is 12.7. The molecule has 1 aliphatic rings. The Labute approximate surface area is 119 Å². The van der Waals surface area contributed by atoms with Crippen molar-refractivity contribution in [3.63, 3.8) is 0 Å². The summed E-state index contributed by atoms with van der Waals surface area (Å²) in [4.78, 5) is 7.12. The van der Waals surface area contributed by atoms with Crippen LogP contribution in [0, 0.1) is 0 Å². The van der Waals surface area contributed by atoms with Crippen LogP contribution in [-0.2, 0) is 0 Å². The van der Waals surface area contributed by atoms with E-state index in [0.29, 0.717) is 6.04 Å². The lowest BCUT2D eigenvalue weighted by Gasteiger charge is -2.26. The summed E-state index contributed by atoms with van der Waals surface area (Å²) in [6.45, 7) is 1.12. The Balaban J connectivity index is 1.94. The van der Waals surface area contributed by atoms with Gasteiger partial charge in [-0.1, -0.05) is 24.3 Å². The Hall–Kier alpha value is -1.28. The highest BCUT2D eigenvalue weighted by Crippen LogP contribution is 2.31. The zero-order valence-corrected chi connectivity index (χ0v) is 11.8. The number of pyridine rings is 1. The third kappa shape index (κ3) is 2.55. The van der Waals surface area contributed by atoms with Gasteiger partial charge < -0.3 is 4.90 Å². The van der Waals surface area contributed by atoms with Crippen LogP contribution in [-0.4, -0.2) is 23.5 Å². The summed E-state index contributed by atoms with van der Waals surface area (Å²) >= 11 is 5.83. The molecule has 1 atom stereocenters. The molecule has 0 N–H and O–H groups in total. The van der Waals surface area contributed by atoms with Gasteiger partial charge in [-0.25, -0.2) is 4.98 Å².